The largest absolute Gasteiger partial charge is 0.376 e. The van der Waals surface area contributed by atoms with E-state index in [0.29, 0.717) is 18.2 Å². The summed E-state index contributed by atoms with van der Waals surface area (Å²) in [5.74, 6) is 0.619. The number of carbonyl (C=O) groups is 1. The normalized spacial score (nSPS) is 20.3. The molecule has 6 heteroatoms. The Morgan fingerprint density at radius 3 is 2.58 bits per heavy atom. The summed E-state index contributed by atoms with van der Waals surface area (Å²) in [6.45, 7) is 9.63. The van der Waals surface area contributed by atoms with Crippen molar-refractivity contribution in [3.05, 3.63) is 52.8 Å². The number of benzene rings is 1. The number of aromatic nitrogens is 2. The van der Waals surface area contributed by atoms with Gasteiger partial charge in [0, 0.05) is 33.3 Å². The molecule has 3 heterocycles. The van der Waals surface area contributed by atoms with E-state index in [2.05, 4.69) is 41.2 Å². The zero-order chi connectivity index (χ0) is 21.8. The van der Waals surface area contributed by atoms with Gasteiger partial charge in [0.25, 0.3) is 5.91 Å². The van der Waals surface area contributed by atoms with Gasteiger partial charge in [-0.3, -0.25) is 14.4 Å². The van der Waals surface area contributed by atoms with Gasteiger partial charge < -0.3 is 9.64 Å². The molecule has 2 fully saturated rings. The van der Waals surface area contributed by atoms with E-state index < -0.39 is 0 Å². The highest BCUT2D eigenvalue weighted by molar-refractivity contribution is 5.92. The van der Waals surface area contributed by atoms with Crippen LogP contribution in [0.2, 0.25) is 0 Å². The second kappa shape index (κ2) is 9.96. The second-order valence-corrected chi connectivity index (χ2v) is 9.29. The lowest BCUT2D eigenvalue weighted by molar-refractivity contribution is 0.0437. The molecular formula is C25H36N4O2. The van der Waals surface area contributed by atoms with Crippen molar-refractivity contribution in [3.63, 3.8) is 0 Å². The maximum atomic E-state index is 13.4. The van der Waals surface area contributed by atoms with Crippen LogP contribution in [0.15, 0.2) is 30.3 Å². The molecule has 1 amide bonds. The van der Waals surface area contributed by atoms with Gasteiger partial charge in [0.1, 0.15) is 5.69 Å². The van der Waals surface area contributed by atoms with E-state index in [9.17, 15) is 4.79 Å². The van der Waals surface area contributed by atoms with E-state index in [1.807, 2.05) is 24.9 Å². The Hall–Kier alpha value is -2.18. The summed E-state index contributed by atoms with van der Waals surface area (Å²) in [6, 6.07) is 10.6. The van der Waals surface area contributed by atoms with Gasteiger partial charge in [-0.2, -0.15) is 5.10 Å². The fraction of sp³-hybridized carbons (Fsp3) is 0.600. The topological polar surface area (TPSA) is 50.6 Å². The SMILES string of the molecule is Cc1cc(C(=O)N(CC2CCN(Cc3ccccc3C)CC2)C[C@@H]2CCCO2)n(C)n1. The summed E-state index contributed by atoms with van der Waals surface area (Å²) in [4.78, 5) is 18.0. The third-order valence-corrected chi connectivity index (χ3v) is 6.80. The number of ether oxygens (including phenoxy) is 1. The van der Waals surface area contributed by atoms with Crippen LogP contribution >= 0.6 is 0 Å². The molecule has 0 bridgehead atoms. The van der Waals surface area contributed by atoms with Crippen molar-refractivity contribution < 1.29 is 9.53 Å². The van der Waals surface area contributed by atoms with Gasteiger partial charge in [-0.05, 0) is 75.7 Å². The number of piperidine rings is 1. The van der Waals surface area contributed by atoms with E-state index in [1.54, 1.807) is 4.68 Å². The summed E-state index contributed by atoms with van der Waals surface area (Å²) in [6.07, 6.45) is 4.56. The molecule has 31 heavy (non-hydrogen) atoms. The van der Waals surface area contributed by atoms with E-state index >= 15 is 0 Å². The standard InChI is InChI=1S/C25H36N4O2/c1-19-7-4-5-8-22(19)17-28-12-10-21(11-13-28)16-29(18-23-9-6-14-31-23)25(30)24-15-20(2)26-27(24)3/h4-5,7-8,15,21,23H,6,9-14,16-18H2,1-3H3/t23-/m0/s1. The van der Waals surface area contributed by atoms with E-state index in [1.165, 1.54) is 11.1 Å². The summed E-state index contributed by atoms with van der Waals surface area (Å²) >= 11 is 0. The van der Waals surface area contributed by atoms with Crippen LogP contribution in [-0.2, 0) is 18.3 Å². The molecule has 0 saturated carbocycles. The van der Waals surface area contributed by atoms with Gasteiger partial charge in [0.2, 0.25) is 0 Å². The summed E-state index contributed by atoms with van der Waals surface area (Å²) < 4.78 is 7.58. The number of aryl methyl sites for hydroxylation is 3. The molecule has 0 radical (unpaired) electrons. The molecule has 4 rings (SSSR count). The molecule has 1 aromatic heterocycles. The lowest BCUT2D eigenvalue weighted by Gasteiger charge is -2.35. The number of carbonyl (C=O) groups excluding carboxylic acids is 1. The van der Waals surface area contributed by atoms with Gasteiger partial charge in [-0.15, -0.1) is 0 Å². The summed E-state index contributed by atoms with van der Waals surface area (Å²) in [7, 11) is 1.86. The number of amides is 1. The smallest absolute Gasteiger partial charge is 0.272 e. The molecule has 2 aliphatic heterocycles. The Bertz CT molecular complexity index is 879. The maximum Gasteiger partial charge on any atom is 0.272 e. The summed E-state index contributed by atoms with van der Waals surface area (Å²) in [5.41, 5.74) is 4.34. The van der Waals surface area contributed by atoms with Crippen LogP contribution in [-0.4, -0.2) is 64.4 Å². The minimum absolute atomic E-state index is 0.0842. The van der Waals surface area contributed by atoms with Crippen LogP contribution in [0.25, 0.3) is 0 Å². The van der Waals surface area contributed by atoms with Crippen LogP contribution < -0.4 is 0 Å². The van der Waals surface area contributed by atoms with Gasteiger partial charge in [0.05, 0.1) is 11.8 Å². The van der Waals surface area contributed by atoms with Gasteiger partial charge >= 0.3 is 0 Å². The van der Waals surface area contributed by atoms with Crippen molar-refractivity contribution in [2.45, 2.75) is 52.2 Å². The number of rotatable bonds is 7. The molecule has 1 aromatic carbocycles. The number of likely N-dealkylation sites (tertiary alicyclic amines) is 1. The molecule has 168 valence electrons. The molecule has 0 N–H and O–H groups in total. The number of hydrogen-bond acceptors (Lipinski definition) is 4. The van der Waals surface area contributed by atoms with Crippen LogP contribution in [0, 0.1) is 19.8 Å². The first kappa shape index (κ1) is 22.0. The number of nitrogens with zero attached hydrogens (tertiary/aromatic N) is 4. The fourth-order valence-corrected chi connectivity index (χ4v) is 4.91. The highest BCUT2D eigenvalue weighted by Crippen LogP contribution is 2.23. The fourth-order valence-electron chi connectivity index (χ4n) is 4.91. The van der Waals surface area contributed by atoms with Crippen LogP contribution in [0.1, 0.15) is 53.0 Å². The monoisotopic (exact) mass is 424 g/mol. The molecule has 1 atom stereocenters. The van der Waals surface area contributed by atoms with Crippen molar-refractivity contribution in [3.8, 4) is 0 Å². The highest BCUT2D eigenvalue weighted by Gasteiger charge is 2.29. The maximum absolute atomic E-state index is 13.4. The van der Waals surface area contributed by atoms with Gasteiger partial charge in [-0.25, -0.2) is 0 Å². The molecule has 0 aliphatic carbocycles. The third kappa shape index (κ3) is 5.55. The van der Waals surface area contributed by atoms with Crippen molar-refractivity contribution in [1.29, 1.82) is 0 Å². The van der Waals surface area contributed by atoms with E-state index in [4.69, 9.17) is 4.74 Å². The Labute approximate surface area is 186 Å². The first-order valence-corrected chi connectivity index (χ1v) is 11.7. The summed E-state index contributed by atoms with van der Waals surface area (Å²) in [5, 5.41) is 4.38. The van der Waals surface area contributed by atoms with Gasteiger partial charge in [-0.1, -0.05) is 24.3 Å². The Kier molecular flexibility index (Phi) is 7.08. The molecule has 2 aliphatic rings. The van der Waals surface area contributed by atoms with Crippen LogP contribution in [0.4, 0.5) is 0 Å². The van der Waals surface area contributed by atoms with E-state index in [0.717, 1.165) is 64.2 Å². The van der Waals surface area contributed by atoms with Gasteiger partial charge in [0.15, 0.2) is 0 Å². The van der Waals surface area contributed by atoms with E-state index in [-0.39, 0.29) is 12.0 Å². The molecule has 2 aromatic rings. The molecule has 0 unspecified atom stereocenters. The first-order valence-electron chi connectivity index (χ1n) is 11.7. The highest BCUT2D eigenvalue weighted by atomic mass is 16.5. The predicted octanol–water partition coefficient (Wildman–Crippen LogP) is 3.57. The average Bonchev–Trinajstić information content (AvgIpc) is 3.39. The predicted molar refractivity (Wildman–Crippen MR) is 122 cm³/mol. The van der Waals surface area contributed by atoms with Crippen molar-refractivity contribution in [2.75, 3.05) is 32.8 Å². The lowest BCUT2D eigenvalue weighted by Crippen LogP contribution is -2.44. The quantitative estimate of drug-likeness (QED) is 0.682. The average molecular weight is 425 g/mol. The van der Waals surface area contributed by atoms with Crippen LogP contribution in [0.3, 0.4) is 0 Å². The van der Waals surface area contributed by atoms with Crippen LogP contribution in [0.5, 0.6) is 0 Å². The lowest BCUT2D eigenvalue weighted by atomic mass is 9.95. The zero-order valence-corrected chi connectivity index (χ0v) is 19.2. The van der Waals surface area contributed by atoms with Crippen molar-refractivity contribution in [2.24, 2.45) is 13.0 Å². The second-order valence-electron chi connectivity index (χ2n) is 9.29. The molecule has 0 spiro atoms. The number of hydrogen-bond donors (Lipinski definition) is 0. The first-order chi connectivity index (χ1) is 15.0. The Balaban J connectivity index is 1.37. The molecule has 2 saturated heterocycles. The Morgan fingerprint density at radius 2 is 1.94 bits per heavy atom. The zero-order valence-electron chi connectivity index (χ0n) is 19.2. The minimum atomic E-state index is 0.0842. The Morgan fingerprint density at radius 1 is 1.16 bits per heavy atom. The van der Waals surface area contributed by atoms with Crippen molar-refractivity contribution >= 4 is 5.91 Å². The third-order valence-electron chi connectivity index (χ3n) is 6.80. The van der Waals surface area contributed by atoms with Crippen molar-refractivity contribution in [1.82, 2.24) is 19.6 Å². The molecule has 6 nitrogen and oxygen atoms in total. The minimum Gasteiger partial charge on any atom is -0.376 e. The molecular weight excluding hydrogens is 388 g/mol.